The Hall–Kier alpha value is -1.30. The SMILES string of the molecule is Cc1nc2ccccc2n1CC(=O)NCCC1CCNC1.Cl.Cl. The predicted octanol–water partition coefficient (Wildman–Crippen LogP) is 2.30. The molecule has 23 heavy (non-hydrogen) atoms. The van der Waals surface area contributed by atoms with Crippen LogP contribution in [-0.2, 0) is 11.3 Å². The van der Waals surface area contributed by atoms with Crippen molar-refractivity contribution in [3.05, 3.63) is 30.1 Å². The molecule has 0 radical (unpaired) electrons. The number of carbonyl (C=O) groups is 1. The average Bonchev–Trinajstić information content (AvgIpc) is 3.08. The van der Waals surface area contributed by atoms with Gasteiger partial charge in [0.05, 0.1) is 11.0 Å². The first-order valence-corrected chi connectivity index (χ1v) is 7.63. The molecule has 2 aromatic rings. The van der Waals surface area contributed by atoms with Gasteiger partial charge in [-0.25, -0.2) is 4.98 Å². The minimum atomic E-state index is 0. The Morgan fingerprint density at radius 3 is 2.91 bits per heavy atom. The molecule has 1 unspecified atom stereocenters. The van der Waals surface area contributed by atoms with E-state index in [0.717, 1.165) is 42.9 Å². The van der Waals surface area contributed by atoms with Crippen LogP contribution in [0, 0.1) is 12.8 Å². The Balaban J connectivity index is 0.00000132. The first-order chi connectivity index (χ1) is 10.2. The first kappa shape index (κ1) is 19.7. The summed E-state index contributed by atoms with van der Waals surface area (Å²) in [6, 6.07) is 7.93. The van der Waals surface area contributed by atoms with E-state index >= 15 is 0 Å². The van der Waals surface area contributed by atoms with Crippen molar-refractivity contribution in [1.29, 1.82) is 0 Å². The highest BCUT2D eigenvalue weighted by Gasteiger charge is 2.15. The molecule has 1 saturated heterocycles. The topological polar surface area (TPSA) is 59.0 Å². The Kier molecular flexibility index (Phi) is 7.82. The Labute approximate surface area is 149 Å². The highest BCUT2D eigenvalue weighted by Crippen LogP contribution is 2.15. The fourth-order valence-corrected chi connectivity index (χ4v) is 2.97. The Morgan fingerprint density at radius 2 is 2.17 bits per heavy atom. The molecule has 0 aliphatic carbocycles. The van der Waals surface area contributed by atoms with Gasteiger partial charge >= 0.3 is 0 Å². The number of imidazole rings is 1. The lowest BCUT2D eigenvalue weighted by Gasteiger charge is -2.11. The maximum Gasteiger partial charge on any atom is 0.240 e. The summed E-state index contributed by atoms with van der Waals surface area (Å²) in [5.74, 6) is 1.65. The van der Waals surface area contributed by atoms with E-state index in [1.165, 1.54) is 6.42 Å². The molecule has 5 nitrogen and oxygen atoms in total. The number of halogens is 2. The number of hydrogen-bond donors (Lipinski definition) is 2. The van der Waals surface area contributed by atoms with Crippen molar-refractivity contribution in [2.75, 3.05) is 19.6 Å². The number of hydrogen-bond acceptors (Lipinski definition) is 3. The summed E-state index contributed by atoms with van der Waals surface area (Å²) in [4.78, 5) is 16.6. The van der Waals surface area contributed by atoms with Gasteiger partial charge in [-0.05, 0) is 50.9 Å². The lowest BCUT2D eigenvalue weighted by atomic mass is 10.1. The van der Waals surface area contributed by atoms with E-state index in [-0.39, 0.29) is 30.7 Å². The van der Waals surface area contributed by atoms with Gasteiger partial charge in [0.25, 0.3) is 0 Å². The second-order valence-corrected chi connectivity index (χ2v) is 5.73. The summed E-state index contributed by atoms with van der Waals surface area (Å²) in [5, 5.41) is 6.37. The van der Waals surface area contributed by atoms with Crippen molar-refractivity contribution in [2.24, 2.45) is 5.92 Å². The smallest absolute Gasteiger partial charge is 0.240 e. The molecule has 7 heteroatoms. The van der Waals surface area contributed by atoms with Crippen molar-refractivity contribution >= 4 is 41.8 Å². The zero-order chi connectivity index (χ0) is 14.7. The van der Waals surface area contributed by atoms with Crippen LogP contribution < -0.4 is 10.6 Å². The van der Waals surface area contributed by atoms with Crippen molar-refractivity contribution in [3.8, 4) is 0 Å². The summed E-state index contributed by atoms with van der Waals surface area (Å²) < 4.78 is 1.97. The van der Waals surface area contributed by atoms with Crippen LogP contribution in [-0.4, -0.2) is 35.1 Å². The van der Waals surface area contributed by atoms with Crippen LogP contribution in [0.1, 0.15) is 18.7 Å². The second-order valence-electron chi connectivity index (χ2n) is 5.73. The fraction of sp³-hybridized carbons (Fsp3) is 0.500. The van der Waals surface area contributed by atoms with E-state index in [4.69, 9.17) is 0 Å². The third kappa shape index (κ3) is 4.83. The van der Waals surface area contributed by atoms with E-state index in [9.17, 15) is 4.79 Å². The number of benzene rings is 1. The van der Waals surface area contributed by atoms with Gasteiger partial charge in [0.1, 0.15) is 12.4 Å². The molecule has 1 aromatic carbocycles. The number of amides is 1. The van der Waals surface area contributed by atoms with Crippen LogP contribution in [0.3, 0.4) is 0 Å². The first-order valence-electron chi connectivity index (χ1n) is 7.63. The molecule has 3 rings (SSSR count). The van der Waals surface area contributed by atoms with Gasteiger partial charge in [0.15, 0.2) is 0 Å². The summed E-state index contributed by atoms with van der Waals surface area (Å²) in [7, 11) is 0. The van der Waals surface area contributed by atoms with E-state index in [1.807, 2.05) is 35.8 Å². The highest BCUT2D eigenvalue weighted by atomic mass is 35.5. The number of rotatable bonds is 5. The lowest BCUT2D eigenvalue weighted by Crippen LogP contribution is -2.30. The molecular weight excluding hydrogens is 335 g/mol. The van der Waals surface area contributed by atoms with Crippen molar-refractivity contribution in [2.45, 2.75) is 26.3 Å². The molecule has 2 N–H and O–H groups in total. The quantitative estimate of drug-likeness (QED) is 0.861. The Morgan fingerprint density at radius 1 is 1.39 bits per heavy atom. The zero-order valence-corrected chi connectivity index (χ0v) is 14.9. The minimum Gasteiger partial charge on any atom is -0.355 e. The van der Waals surface area contributed by atoms with E-state index in [2.05, 4.69) is 15.6 Å². The van der Waals surface area contributed by atoms with Crippen LogP contribution in [0.2, 0.25) is 0 Å². The van der Waals surface area contributed by atoms with E-state index < -0.39 is 0 Å². The predicted molar refractivity (Wildman–Crippen MR) is 97.6 cm³/mol. The standard InChI is InChI=1S/C16H22N4O.2ClH/c1-12-19-14-4-2-3-5-15(14)20(12)11-16(21)18-9-7-13-6-8-17-10-13;;/h2-5,13,17H,6-11H2,1H3,(H,18,21);2*1H. The number of nitrogens with zero attached hydrogens (tertiary/aromatic N) is 2. The van der Waals surface area contributed by atoms with Crippen LogP contribution in [0.5, 0.6) is 0 Å². The summed E-state index contributed by atoms with van der Waals surface area (Å²) in [6.07, 6.45) is 2.28. The summed E-state index contributed by atoms with van der Waals surface area (Å²) in [6.45, 7) is 5.24. The van der Waals surface area contributed by atoms with Gasteiger partial charge in [-0.3, -0.25) is 4.79 Å². The van der Waals surface area contributed by atoms with E-state index in [1.54, 1.807) is 0 Å². The van der Waals surface area contributed by atoms with Crippen LogP contribution in [0.4, 0.5) is 0 Å². The minimum absolute atomic E-state index is 0. The highest BCUT2D eigenvalue weighted by molar-refractivity contribution is 5.85. The number of fused-ring (bicyclic) bond motifs is 1. The van der Waals surface area contributed by atoms with Crippen molar-refractivity contribution < 1.29 is 4.79 Å². The Bertz CT molecular complexity index is 638. The zero-order valence-electron chi connectivity index (χ0n) is 13.2. The van der Waals surface area contributed by atoms with Crippen LogP contribution in [0.15, 0.2) is 24.3 Å². The second kappa shape index (κ2) is 9.11. The molecule has 0 saturated carbocycles. The van der Waals surface area contributed by atoms with Crippen LogP contribution in [0.25, 0.3) is 11.0 Å². The largest absolute Gasteiger partial charge is 0.355 e. The average molecular weight is 359 g/mol. The van der Waals surface area contributed by atoms with Crippen molar-refractivity contribution in [1.82, 2.24) is 20.2 Å². The molecule has 1 atom stereocenters. The molecule has 1 aliphatic heterocycles. The fourth-order valence-electron chi connectivity index (χ4n) is 2.97. The number of aromatic nitrogens is 2. The maximum absolute atomic E-state index is 12.1. The third-order valence-corrected chi connectivity index (χ3v) is 4.18. The maximum atomic E-state index is 12.1. The van der Waals surface area contributed by atoms with Crippen LogP contribution >= 0.6 is 24.8 Å². The number of aryl methyl sites for hydroxylation is 1. The number of carbonyl (C=O) groups excluding carboxylic acids is 1. The van der Waals surface area contributed by atoms with Gasteiger partial charge in [-0.15, -0.1) is 24.8 Å². The number of nitrogens with one attached hydrogen (secondary N) is 2. The van der Waals surface area contributed by atoms with Gasteiger partial charge < -0.3 is 15.2 Å². The van der Waals surface area contributed by atoms with Gasteiger partial charge in [0.2, 0.25) is 5.91 Å². The molecule has 1 aromatic heterocycles. The van der Waals surface area contributed by atoms with Gasteiger partial charge in [-0.1, -0.05) is 12.1 Å². The lowest BCUT2D eigenvalue weighted by molar-refractivity contribution is -0.121. The van der Waals surface area contributed by atoms with Crippen molar-refractivity contribution in [3.63, 3.8) is 0 Å². The molecule has 0 bridgehead atoms. The molecule has 1 aliphatic rings. The molecule has 1 fully saturated rings. The van der Waals surface area contributed by atoms with Gasteiger partial charge in [-0.2, -0.15) is 0 Å². The molecular formula is C16H24Cl2N4O. The number of para-hydroxylation sites is 2. The molecule has 2 heterocycles. The monoisotopic (exact) mass is 358 g/mol. The van der Waals surface area contributed by atoms with Gasteiger partial charge in [0, 0.05) is 6.54 Å². The molecule has 1 amide bonds. The summed E-state index contributed by atoms with van der Waals surface area (Å²) >= 11 is 0. The third-order valence-electron chi connectivity index (χ3n) is 4.18. The summed E-state index contributed by atoms with van der Waals surface area (Å²) in [5.41, 5.74) is 1.96. The molecule has 0 spiro atoms. The van der Waals surface area contributed by atoms with E-state index in [0.29, 0.717) is 12.5 Å². The molecule has 128 valence electrons. The normalized spacial score (nSPS) is 16.7.